The van der Waals surface area contributed by atoms with Crippen LogP contribution in [-0.2, 0) is 26.0 Å². The van der Waals surface area contributed by atoms with Gasteiger partial charge in [-0.25, -0.2) is 13.4 Å². The van der Waals surface area contributed by atoms with Gasteiger partial charge in [-0.3, -0.25) is 14.0 Å². The Labute approximate surface area is 162 Å². The Balaban J connectivity index is 1.82. The van der Waals surface area contributed by atoms with E-state index >= 15 is 0 Å². The van der Waals surface area contributed by atoms with E-state index in [1.54, 1.807) is 42.6 Å². The highest BCUT2D eigenvalue weighted by atomic mass is 32.2. The van der Waals surface area contributed by atoms with Gasteiger partial charge in [-0.05, 0) is 24.1 Å². The van der Waals surface area contributed by atoms with Gasteiger partial charge in [-0.2, -0.15) is 0 Å². The monoisotopic (exact) mass is 400 g/mol. The molecule has 0 amide bonds. The minimum absolute atomic E-state index is 0.217. The molecule has 0 aliphatic heterocycles. The molecule has 2 aromatic heterocycles. The summed E-state index contributed by atoms with van der Waals surface area (Å²) in [6, 6.07) is 13.4. The van der Waals surface area contributed by atoms with E-state index in [1.165, 1.54) is 10.5 Å². The molecule has 0 N–H and O–H groups in total. The number of carbonyl (C=O) groups is 1. The summed E-state index contributed by atoms with van der Waals surface area (Å²) in [5.74, 6) is -1.98. The van der Waals surface area contributed by atoms with Crippen LogP contribution in [0.5, 0.6) is 0 Å². The van der Waals surface area contributed by atoms with Crippen molar-refractivity contribution in [2.45, 2.75) is 19.4 Å². The number of rotatable bonds is 6. The Morgan fingerprint density at radius 1 is 1.18 bits per heavy atom. The Hall–Kier alpha value is -3.00. The van der Waals surface area contributed by atoms with Crippen molar-refractivity contribution in [2.24, 2.45) is 0 Å². The van der Waals surface area contributed by atoms with Crippen LogP contribution in [0.1, 0.15) is 22.7 Å². The SMILES string of the molecule is Cc1ccc2nc(COC(=O)C(CS(C)(=O)=O)c3ccccc3)cc(=O)n2c1. The fourth-order valence-electron chi connectivity index (χ4n) is 2.87. The maximum Gasteiger partial charge on any atom is 0.314 e. The summed E-state index contributed by atoms with van der Waals surface area (Å²) in [6.45, 7) is 1.65. The molecule has 0 saturated heterocycles. The van der Waals surface area contributed by atoms with Gasteiger partial charge >= 0.3 is 5.97 Å². The minimum atomic E-state index is -3.41. The fourth-order valence-corrected chi connectivity index (χ4v) is 3.80. The van der Waals surface area contributed by atoms with Crippen LogP contribution in [0.3, 0.4) is 0 Å². The van der Waals surface area contributed by atoms with Crippen molar-refractivity contribution in [1.82, 2.24) is 9.38 Å². The van der Waals surface area contributed by atoms with Gasteiger partial charge in [0, 0.05) is 18.5 Å². The van der Waals surface area contributed by atoms with Crippen LogP contribution in [0.25, 0.3) is 5.65 Å². The number of ether oxygens (including phenoxy) is 1. The van der Waals surface area contributed by atoms with Crippen molar-refractivity contribution in [3.8, 4) is 0 Å². The largest absolute Gasteiger partial charge is 0.459 e. The second-order valence-corrected chi connectivity index (χ2v) is 8.87. The average molecular weight is 400 g/mol. The molecule has 1 unspecified atom stereocenters. The maximum atomic E-state index is 12.6. The summed E-state index contributed by atoms with van der Waals surface area (Å²) in [5.41, 5.74) is 1.94. The van der Waals surface area contributed by atoms with Gasteiger partial charge in [0.25, 0.3) is 5.56 Å². The number of nitrogens with zero attached hydrogens (tertiary/aromatic N) is 2. The van der Waals surface area contributed by atoms with Crippen LogP contribution in [0.15, 0.2) is 59.5 Å². The van der Waals surface area contributed by atoms with Crippen LogP contribution in [-0.4, -0.2) is 35.8 Å². The zero-order chi connectivity index (χ0) is 20.3. The third-order valence-electron chi connectivity index (χ3n) is 4.18. The molecule has 3 rings (SSSR count). The molecule has 0 saturated carbocycles. The van der Waals surface area contributed by atoms with Crippen molar-refractivity contribution in [1.29, 1.82) is 0 Å². The molecule has 3 aromatic rings. The van der Waals surface area contributed by atoms with Crippen molar-refractivity contribution in [3.05, 3.63) is 81.9 Å². The Kier molecular flexibility index (Phi) is 5.60. The third-order valence-corrected chi connectivity index (χ3v) is 5.12. The van der Waals surface area contributed by atoms with Crippen molar-refractivity contribution in [2.75, 3.05) is 12.0 Å². The van der Waals surface area contributed by atoms with Crippen LogP contribution < -0.4 is 5.56 Å². The maximum absolute atomic E-state index is 12.6. The van der Waals surface area contributed by atoms with E-state index in [2.05, 4.69) is 4.98 Å². The highest BCUT2D eigenvalue weighted by Gasteiger charge is 2.26. The molecule has 0 spiro atoms. The molecule has 8 heteroatoms. The first-order valence-electron chi connectivity index (χ1n) is 8.61. The highest BCUT2D eigenvalue weighted by Crippen LogP contribution is 2.20. The van der Waals surface area contributed by atoms with Gasteiger partial charge in [0.05, 0.1) is 17.4 Å². The van der Waals surface area contributed by atoms with Gasteiger partial charge in [-0.1, -0.05) is 36.4 Å². The fraction of sp³-hybridized carbons (Fsp3) is 0.250. The number of benzene rings is 1. The van der Waals surface area contributed by atoms with Gasteiger partial charge in [-0.15, -0.1) is 0 Å². The lowest BCUT2D eigenvalue weighted by Crippen LogP contribution is -2.24. The van der Waals surface area contributed by atoms with E-state index in [1.807, 2.05) is 13.0 Å². The standard InChI is InChI=1S/C20H20N2O5S/c1-14-8-9-18-21-16(10-19(23)22(18)11-14)12-27-20(24)17(13-28(2,25)26)15-6-4-3-5-7-15/h3-11,17H,12-13H2,1-2H3. The number of hydrogen-bond donors (Lipinski definition) is 0. The molecular formula is C20H20N2O5S. The molecule has 146 valence electrons. The molecule has 0 radical (unpaired) electrons. The quantitative estimate of drug-likeness (QED) is 0.587. The molecular weight excluding hydrogens is 380 g/mol. The van der Waals surface area contributed by atoms with E-state index in [4.69, 9.17) is 4.74 Å². The van der Waals surface area contributed by atoms with E-state index in [0.29, 0.717) is 16.9 Å². The van der Waals surface area contributed by atoms with Gasteiger partial charge < -0.3 is 4.74 Å². The van der Waals surface area contributed by atoms with Crippen molar-refractivity contribution >= 4 is 21.5 Å². The first-order valence-corrected chi connectivity index (χ1v) is 10.7. The Bertz CT molecular complexity index is 1170. The first-order chi connectivity index (χ1) is 13.2. The van der Waals surface area contributed by atoms with Gasteiger partial charge in [0.2, 0.25) is 0 Å². The topological polar surface area (TPSA) is 94.8 Å². The van der Waals surface area contributed by atoms with Crippen LogP contribution >= 0.6 is 0 Å². The lowest BCUT2D eigenvalue weighted by atomic mass is 10.0. The summed E-state index contributed by atoms with van der Waals surface area (Å²) in [5, 5.41) is 0. The molecule has 7 nitrogen and oxygen atoms in total. The number of esters is 1. The molecule has 2 heterocycles. The zero-order valence-corrected chi connectivity index (χ0v) is 16.3. The van der Waals surface area contributed by atoms with E-state index in [9.17, 15) is 18.0 Å². The summed E-state index contributed by atoms with van der Waals surface area (Å²) >= 11 is 0. The Morgan fingerprint density at radius 3 is 2.57 bits per heavy atom. The predicted molar refractivity (Wildman–Crippen MR) is 105 cm³/mol. The summed E-state index contributed by atoms with van der Waals surface area (Å²) in [4.78, 5) is 29.2. The normalized spacial score (nSPS) is 12.6. The number of sulfone groups is 1. The minimum Gasteiger partial charge on any atom is -0.459 e. The van der Waals surface area contributed by atoms with Crippen LogP contribution in [0, 0.1) is 6.92 Å². The smallest absolute Gasteiger partial charge is 0.314 e. The van der Waals surface area contributed by atoms with E-state index in [0.717, 1.165) is 11.8 Å². The number of aryl methyl sites for hydroxylation is 1. The lowest BCUT2D eigenvalue weighted by molar-refractivity contribution is -0.146. The van der Waals surface area contributed by atoms with Crippen LogP contribution in [0.4, 0.5) is 0 Å². The molecule has 0 aliphatic rings. The molecule has 28 heavy (non-hydrogen) atoms. The van der Waals surface area contributed by atoms with Gasteiger partial charge in [0.15, 0.2) is 0 Å². The van der Waals surface area contributed by atoms with Crippen molar-refractivity contribution < 1.29 is 17.9 Å². The average Bonchev–Trinajstić information content (AvgIpc) is 2.65. The number of pyridine rings is 1. The summed E-state index contributed by atoms with van der Waals surface area (Å²) in [7, 11) is -3.41. The Morgan fingerprint density at radius 2 is 1.89 bits per heavy atom. The number of aromatic nitrogens is 2. The molecule has 0 fully saturated rings. The first kappa shape index (κ1) is 19.8. The number of hydrogen-bond acceptors (Lipinski definition) is 6. The molecule has 0 aliphatic carbocycles. The lowest BCUT2D eigenvalue weighted by Gasteiger charge is -2.15. The van der Waals surface area contributed by atoms with Crippen molar-refractivity contribution in [3.63, 3.8) is 0 Å². The summed E-state index contributed by atoms with van der Waals surface area (Å²) in [6.07, 6.45) is 2.75. The molecule has 1 aromatic carbocycles. The third kappa shape index (κ3) is 4.83. The van der Waals surface area contributed by atoms with E-state index < -0.39 is 21.7 Å². The molecule has 0 bridgehead atoms. The van der Waals surface area contributed by atoms with E-state index in [-0.39, 0.29) is 17.9 Å². The second-order valence-electron chi connectivity index (χ2n) is 6.68. The second kappa shape index (κ2) is 7.93. The number of carbonyl (C=O) groups excluding carboxylic acids is 1. The summed E-state index contributed by atoms with van der Waals surface area (Å²) < 4.78 is 30.2. The van der Waals surface area contributed by atoms with Gasteiger partial charge in [0.1, 0.15) is 22.1 Å². The molecule has 1 atom stereocenters. The zero-order valence-electron chi connectivity index (χ0n) is 15.5. The number of fused-ring (bicyclic) bond motifs is 1. The van der Waals surface area contributed by atoms with Crippen LogP contribution in [0.2, 0.25) is 0 Å². The highest BCUT2D eigenvalue weighted by molar-refractivity contribution is 7.90. The predicted octanol–water partition coefficient (Wildman–Crippen LogP) is 1.87.